The highest BCUT2D eigenvalue weighted by atomic mass is 35.5. The summed E-state index contributed by atoms with van der Waals surface area (Å²) in [7, 11) is 0. The van der Waals surface area contributed by atoms with Gasteiger partial charge in [-0.2, -0.15) is 0 Å². The van der Waals surface area contributed by atoms with Crippen LogP contribution in [-0.2, 0) is 30.4 Å². The van der Waals surface area contributed by atoms with Crippen molar-refractivity contribution in [2.45, 2.75) is 25.3 Å². The Morgan fingerprint density at radius 1 is 0.776 bits per heavy atom. The molecule has 49 heavy (non-hydrogen) atoms. The van der Waals surface area contributed by atoms with Crippen LogP contribution >= 0.6 is 23.2 Å². The number of amides is 1. The normalized spacial score (nSPS) is 16.5. The van der Waals surface area contributed by atoms with E-state index in [1.54, 1.807) is 32.9 Å². The average Bonchev–Trinajstić information content (AvgIpc) is 3.03. The average molecular weight is 724 g/mol. The number of benzene rings is 2. The van der Waals surface area contributed by atoms with Crippen LogP contribution in [0.3, 0.4) is 0 Å². The number of carbonyl (C=O) groups excluding carboxylic acids is 2. The van der Waals surface area contributed by atoms with Crippen LogP contribution in [0.5, 0.6) is 0 Å². The maximum atomic E-state index is 12.9. The predicted molar refractivity (Wildman–Crippen MR) is 186 cm³/mol. The molecule has 16 heteroatoms. The Kier molecular flexibility index (Phi) is 16.7. The van der Waals surface area contributed by atoms with E-state index in [1.165, 1.54) is 0 Å². The molecule has 0 aliphatic carbocycles. The zero-order chi connectivity index (χ0) is 35.8. The number of hydrogen-bond acceptors (Lipinski definition) is 10. The summed E-state index contributed by atoms with van der Waals surface area (Å²) in [5.74, 6) is -3.34. The van der Waals surface area contributed by atoms with Crippen molar-refractivity contribution in [3.05, 3.63) is 58.1 Å². The molecule has 5 N–H and O–H groups in total. The summed E-state index contributed by atoms with van der Waals surface area (Å²) in [6.07, 6.45) is 1.41. The van der Waals surface area contributed by atoms with Gasteiger partial charge in [0.15, 0.2) is 0 Å². The maximum Gasteiger partial charge on any atom is 0.320 e. The minimum absolute atomic E-state index is 0.0651. The van der Waals surface area contributed by atoms with E-state index >= 15 is 0 Å². The van der Waals surface area contributed by atoms with Gasteiger partial charge in [0.25, 0.3) is 0 Å². The number of para-hydroxylation sites is 2. The van der Waals surface area contributed by atoms with E-state index in [0.717, 1.165) is 11.8 Å². The number of carboxylic acid groups (broad SMARTS) is 3. The molecule has 1 atom stereocenters. The molecule has 1 aliphatic rings. The van der Waals surface area contributed by atoms with Gasteiger partial charge in [-0.05, 0) is 36.6 Å². The van der Waals surface area contributed by atoms with Crippen molar-refractivity contribution in [2.75, 3.05) is 83.9 Å². The Morgan fingerprint density at radius 2 is 1.33 bits per heavy atom. The molecule has 2 aromatic rings. The zero-order valence-corrected chi connectivity index (χ0v) is 28.7. The molecule has 1 aliphatic heterocycles. The fourth-order valence-electron chi connectivity index (χ4n) is 5.62. The lowest BCUT2D eigenvalue weighted by Crippen LogP contribution is -2.51. The molecule has 0 saturated carbocycles. The van der Waals surface area contributed by atoms with E-state index in [2.05, 4.69) is 10.6 Å². The van der Waals surface area contributed by atoms with Crippen molar-refractivity contribution in [1.29, 1.82) is 0 Å². The van der Waals surface area contributed by atoms with Crippen LogP contribution < -0.4 is 10.6 Å². The Hall–Kier alpha value is -3.79. The summed E-state index contributed by atoms with van der Waals surface area (Å²) in [6.45, 7) is 2.27. The third-order valence-corrected chi connectivity index (χ3v) is 8.85. The van der Waals surface area contributed by atoms with Crippen molar-refractivity contribution in [2.24, 2.45) is 0 Å². The van der Waals surface area contributed by atoms with E-state index < -0.39 is 23.9 Å². The molecule has 2 aromatic carbocycles. The van der Waals surface area contributed by atoms with Gasteiger partial charge in [0.1, 0.15) is 12.3 Å². The summed E-state index contributed by atoms with van der Waals surface area (Å²) in [6, 6.07) is 11.5. The molecule has 1 amide bonds. The second-order valence-corrected chi connectivity index (χ2v) is 12.6. The number of rotatable bonds is 16. The lowest BCUT2D eigenvalue weighted by Gasteiger charge is -2.35. The number of aldehydes is 1. The topological polar surface area (TPSA) is 183 Å². The summed E-state index contributed by atoms with van der Waals surface area (Å²) in [4.78, 5) is 66.7. The number of carboxylic acids is 3. The van der Waals surface area contributed by atoms with Crippen molar-refractivity contribution >= 4 is 64.7 Å². The van der Waals surface area contributed by atoms with Crippen LogP contribution in [0.1, 0.15) is 18.4 Å². The zero-order valence-electron chi connectivity index (χ0n) is 27.2. The van der Waals surface area contributed by atoms with Gasteiger partial charge in [-0.15, -0.1) is 0 Å². The smallest absolute Gasteiger partial charge is 0.320 e. The molecule has 268 valence electrons. The summed E-state index contributed by atoms with van der Waals surface area (Å²) < 4.78 is 0. The first-order valence-corrected chi connectivity index (χ1v) is 16.8. The van der Waals surface area contributed by atoms with Gasteiger partial charge in [0.2, 0.25) is 5.91 Å². The first-order valence-electron chi connectivity index (χ1n) is 16.0. The lowest BCUT2D eigenvalue weighted by molar-refractivity contribution is -0.144. The summed E-state index contributed by atoms with van der Waals surface area (Å²) >= 11 is 12.6. The SMILES string of the molecule is O=CCN1CCN(CC(=O)O)CCN(CC(=O)O)CCN(C(CCCNC(=O)Cc2ccccc2Nc2c(Cl)cccc2Cl)C(=O)O)CC1. The van der Waals surface area contributed by atoms with Crippen LogP contribution in [0.4, 0.5) is 11.4 Å². The molecule has 0 aromatic heterocycles. The van der Waals surface area contributed by atoms with Crippen LogP contribution in [0.25, 0.3) is 0 Å². The molecular formula is C33H44Cl2N6O8. The van der Waals surface area contributed by atoms with E-state index in [4.69, 9.17) is 23.2 Å². The minimum Gasteiger partial charge on any atom is -0.480 e. The lowest BCUT2D eigenvalue weighted by atomic mass is 10.1. The largest absolute Gasteiger partial charge is 0.480 e. The Balaban J connectivity index is 1.63. The highest BCUT2D eigenvalue weighted by molar-refractivity contribution is 6.39. The second kappa shape index (κ2) is 20.7. The summed E-state index contributed by atoms with van der Waals surface area (Å²) in [5.41, 5.74) is 1.92. The van der Waals surface area contributed by atoms with Gasteiger partial charge in [-0.25, -0.2) is 0 Å². The van der Waals surface area contributed by atoms with E-state index in [9.17, 15) is 39.3 Å². The van der Waals surface area contributed by atoms with Crippen molar-refractivity contribution in [3.8, 4) is 0 Å². The molecule has 0 bridgehead atoms. The van der Waals surface area contributed by atoms with Gasteiger partial charge in [-0.1, -0.05) is 47.5 Å². The van der Waals surface area contributed by atoms with Crippen molar-refractivity contribution < 1.29 is 39.3 Å². The summed E-state index contributed by atoms with van der Waals surface area (Å²) in [5, 5.41) is 36.0. The first-order chi connectivity index (χ1) is 23.5. The highest BCUT2D eigenvalue weighted by Gasteiger charge is 2.27. The molecule has 0 radical (unpaired) electrons. The number of carbonyl (C=O) groups is 5. The van der Waals surface area contributed by atoms with Crippen molar-refractivity contribution in [1.82, 2.24) is 24.9 Å². The number of aliphatic carboxylic acids is 3. The third kappa shape index (κ3) is 13.9. The van der Waals surface area contributed by atoms with E-state index in [-0.39, 0.29) is 71.1 Å². The van der Waals surface area contributed by atoms with E-state index in [1.807, 2.05) is 29.2 Å². The van der Waals surface area contributed by atoms with Crippen LogP contribution in [0, 0.1) is 0 Å². The van der Waals surface area contributed by atoms with Crippen LogP contribution in [0.2, 0.25) is 10.0 Å². The van der Waals surface area contributed by atoms with Gasteiger partial charge >= 0.3 is 17.9 Å². The molecular weight excluding hydrogens is 679 g/mol. The van der Waals surface area contributed by atoms with Gasteiger partial charge in [0, 0.05) is 64.6 Å². The fourth-order valence-corrected chi connectivity index (χ4v) is 6.11. The number of hydrogen-bond donors (Lipinski definition) is 5. The quantitative estimate of drug-likeness (QED) is 0.126. The monoisotopic (exact) mass is 722 g/mol. The fraction of sp³-hybridized carbons (Fsp3) is 0.485. The Morgan fingerprint density at radius 3 is 1.90 bits per heavy atom. The van der Waals surface area contributed by atoms with Gasteiger partial charge in [-0.3, -0.25) is 38.8 Å². The second-order valence-electron chi connectivity index (χ2n) is 11.7. The van der Waals surface area contributed by atoms with Gasteiger partial charge < -0.3 is 30.7 Å². The predicted octanol–water partition coefficient (Wildman–Crippen LogP) is 2.22. The van der Waals surface area contributed by atoms with E-state index in [0.29, 0.717) is 54.0 Å². The Labute approximate surface area is 295 Å². The first kappa shape index (κ1) is 39.6. The van der Waals surface area contributed by atoms with Gasteiger partial charge in [0.05, 0.1) is 41.8 Å². The minimum atomic E-state index is -1.05. The third-order valence-electron chi connectivity index (χ3n) is 8.22. The molecule has 1 unspecified atom stereocenters. The van der Waals surface area contributed by atoms with Crippen LogP contribution in [0.15, 0.2) is 42.5 Å². The number of nitrogens with zero attached hydrogens (tertiary/aromatic N) is 4. The number of anilines is 2. The van der Waals surface area contributed by atoms with Crippen molar-refractivity contribution in [3.63, 3.8) is 0 Å². The standard InChI is InChI=1S/C33H44Cl2N6O8/c34-25-6-3-7-26(35)32(25)37-27-8-2-1-5-24(27)21-29(43)36-10-4-9-28(33(48)49)41-17-15-38(19-20-42)11-12-39(22-30(44)45)13-14-40(16-18-41)23-31(46)47/h1-3,5-8,20,28,37H,4,9-19,21-23H2,(H,36,43)(H,44,45)(H,46,47)(H,48,49). The maximum absolute atomic E-state index is 12.9. The Bertz CT molecular complexity index is 1410. The molecule has 14 nitrogen and oxygen atoms in total. The number of nitrogens with one attached hydrogen (secondary N) is 2. The highest BCUT2D eigenvalue weighted by Crippen LogP contribution is 2.33. The molecule has 1 saturated heterocycles. The molecule has 3 rings (SSSR count). The van der Waals surface area contributed by atoms with Crippen LogP contribution in [-0.4, -0.2) is 150 Å². The molecule has 1 fully saturated rings. The molecule has 0 spiro atoms. The number of halogens is 2. The molecule has 1 heterocycles.